The molecule has 0 aromatic heterocycles. The van der Waals surface area contributed by atoms with E-state index in [0.29, 0.717) is 17.7 Å². The number of methoxy groups -OCH3 is 2. The second-order valence-electron chi connectivity index (χ2n) is 8.29. The second-order valence-corrected chi connectivity index (χ2v) is 10.2. The summed E-state index contributed by atoms with van der Waals surface area (Å²) in [5.41, 5.74) is 1.23. The molecule has 0 aliphatic carbocycles. The van der Waals surface area contributed by atoms with Crippen LogP contribution in [0.3, 0.4) is 0 Å². The Labute approximate surface area is 222 Å². The highest BCUT2D eigenvalue weighted by molar-refractivity contribution is 7.89. The van der Waals surface area contributed by atoms with Crippen LogP contribution < -0.4 is 10.1 Å². The molecule has 2 N–H and O–H groups in total. The first-order chi connectivity index (χ1) is 18.2. The minimum Gasteiger partial charge on any atom is -0.497 e. The summed E-state index contributed by atoms with van der Waals surface area (Å²) in [7, 11) is 0.367. The molecule has 1 aliphatic rings. The lowest BCUT2D eigenvalue weighted by atomic mass is 9.92. The number of esters is 1. The van der Waals surface area contributed by atoms with Crippen molar-refractivity contribution in [3.63, 3.8) is 0 Å². The number of amides is 1. The molecule has 0 unspecified atom stereocenters. The first-order valence-electron chi connectivity index (χ1n) is 11.9. The van der Waals surface area contributed by atoms with E-state index in [1.165, 1.54) is 33.4 Å². The van der Waals surface area contributed by atoms with Gasteiger partial charge < -0.3 is 29.4 Å². The fourth-order valence-electron chi connectivity index (χ4n) is 3.90. The summed E-state index contributed by atoms with van der Waals surface area (Å²) < 4.78 is 48.7. The largest absolute Gasteiger partial charge is 0.497 e. The highest BCUT2D eigenvalue weighted by Crippen LogP contribution is 2.32. The predicted octanol–water partition coefficient (Wildman–Crippen LogP) is 1.64. The third-order valence-electron chi connectivity index (χ3n) is 5.96. The molecular weight excluding hydrogens is 516 g/mol. The molecule has 3 rings (SSSR count). The van der Waals surface area contributed by atoms with Crippen molar-refractivity contribution in [1.29, 1.82) is 0 Å². The van der Waals surface area contributed by atoms with Crippen molar-refractivity contribution in [2.24, 2.45) is 0 Å². The van der Waals surface area contributed by atoms with E-state index in [1.807, 2.05) is 0 Å². The van der Waals surface area contributed by atoms with E-state index >= 15 is 0 Å². The molecule has 1 amide bonds. The molecule has 1 heterocycles. The van der Waals surface area contributed by atoms with Gasteiger partial charge in [0.15, 0.2) is 5.76 Å². The van der Waals surface area contributed by atoms with Crippen LogP contribution in [-0.2, 0) is 29.0 Å². The van der Waals surface area contributed by atoms with E-state index in [0.717, 1.165) is 9.87 Å². The number of carbonyl (C=O) groups is 2. The van der Waals surface area contributed by atoms with Crippen LogP contribution >= 0.6 is 0 Å². The van der Waals surface area contributed by atoms with E-state index in [2.05, 4.69) is 5.32 Å². The number of hydrogen-bond acceptors (Lipinski definition) is 9. The fourth-order valence-corrected chi connectivity index (χ4v) is 5.32. The minimum atomic E-state index is -3.90. The van der Waals surface area contributed by atoms with Crippen molar-refractivity contribution in [2.75, 3.05) is 47.6 Å². The zero-order valence-electron chi connectivity index (χ0n) is 21.5. The smallest absolute Gasteiger partial charge is 0.337 e. The number of aliphatic hydroxyl groups is 1. The van der Waals surface area contributed by atoms with Gasteiger partial charge in [0, 0.05) is 32.5 Å². The van der Waals surface area contributed by atoms with Crippen LogP contribution in [-0.4, -0.2) is 83.6 Å². The number of likely N-dealkylation sites (N-methyl/N-ethyl adjacent to an activating group) is 1. The Bertz CT molecular complexity index is 1230. The first kappa shape index (κ1) is 29.1. The molecule has 0 spiro atoms. The van der Waals surface area contributed by atoms with E-state index in [9.17, 15) is 23.1 Å². The molecule has 12 heteroatoms. The maximum Gasteiger partial charge on any atom is 0.337 e. The second kappa shape index (κ2) is 13.4. The number of carbonyl (C=O) groups excluding carboxylic acids is 2. The normalized spacial score (nSPS) is 17.3. The van der Waals surface area contributed by atoms with Crippen molar-refractivity contribution < 1.29 is 42.1 Å². The summed E-state index contributed by atoms with van der Waals surface area (Å²) >= 11 is 0. The summed E-state index contributed by atoms with van der Waals surface area (Å²) in [5.74, 6) is -0.556. The molecular formula is C26H32N2O9S. The molecule has 0 saturated carbocycles. The number of rotatable bonds is 12. The monoisotopic (exact) mass is 548 g/mol. The van der Waals surface area contributed by atoms with Gasteiger partial charge >= 0.3 is 5.97 Å². The maximum absolute atomic E-state index is 13.1. The van der Waals surface area contributed by atoms with Crippen LogP contribution in [0.4, 0.5) is 0 Å². The molecule has 38 heavy (non-hydrogen) atoms. The molecule has 206 valence electrons. The molecule has 2 aromatic carbocycles. The van der Waals surface area contributed by atoms with Crippen LogP contribution in [0.25, 0.3) is 0 Å². The van der Waals surface area contributed by atoms with Gasteiger partial charge in [0.1, 0.15) is 5.75 Å². The van der Waals surface area contributed by atoms with Crippen LogP contribution in [0.1, 0.15) is 28.3 Å². The molecule has 0 radical (unpaired) electrons. The van der Waals surface area contributed by atoms with Gasteiger partial charge in [-0.2, -0.15) is 4.31 Å². The van der Waals surface area contributed by atoms with Gasteiger partial charge in [-0.25, -0.2) is 13.2 Å². The number of aliphatic hydroxyl groups excluding tert-OH is 1. The number of allylic oxidation sites excluding steroid dienone is 1. The topological polar surface area (TPSA) is 141 Å². The van der Waals surface area contributed by atoms with Crippen LogP contribution in [0.5, 0.6) is 5.75 Å². The van der Waals surface area contributed by atoms with Gasteiger partial charge in [-0.05, 0) is 48.0 Å². The van der Waals surface area contributed by atoms with Gasteiger partial charge in [0.05, 0.1) is 37.9 Å². The quantitative estimate of drug-likeness (QED) is 0.379. The van der Waals surface area contributed by atoms with Gasteiger partial charge in [0.25, 0.3) is 5.91 Å². The third kappa shape index (κ3) is 7.10. The average Bonchev–Trinajstić information content (AvgIpc) is 2.95. The SMILES string of the molecule is CNC(=O)C1=C[C@@H](c2ccc(C(=O)OC)cc2)C[C@@H](OCCN(CCO)S(=O)(=O)c2ccc(OC)cc2)O1. The van der Waals surface area contributed by atoms with Crippen LogP contribution in [0.2, 0.25) is 0 Å². The number of ether oxygens (including phenoxy) is 4. The van der Waals surface area contributed by atoms with Crippen LogP contribution in [0.15, 0.2) is 65.3 Å². The van der Waals surface area contributed by atoms with Crippen LogP contribution in [0, 0.1) is 0 Å². The standard InChI is InChI=1S/C26H32N2O9S/c1-27-25(30)23-16-20(18-4-6-19(7-5-18)26(31)35-3)17-24(37-23)36-15-13-28(12-14-29)38(32,33)22-10-8-21(34-2)9-11-22/h4-11,16,20,24,29H,12-15,17H2,1-3H3,(H,27,30)/t20-,24+/m1/s1. The number of nitrogens with one attached hydrogen (secondary N) is 1. The summed E-state index contributed by atoms with van der Waals surface area (Å²) in [6, 6.07) is 12.7. The Morgan fingerprint density at radius 2 is 1.76 bits per heavy atom. The minimum absolute atomic E-state index is 0.0466. The molecule has 2 atom stereocenters. The lowest BCUT2D eigenvalue weighted by Gasteiger charge is -2.30. The Kier molecular flexibility index (Phi) is 10.2. The highest BCUT2D eigenvalue weighted by atomic mass is 32.2. The fraction of sp³-hybridized carbons (Fsp3) is 0.385. The zero-order valence-corrected chi connectivity index (χ0v) is 22.3. The summed E-state index contributed by atoms with van der Waals surface area (Å²) in [5, 5.41) is 12.0. The Morgan fingerprint density at radius 1 is 1.08 bits per heavy atom. The van der Waals surface area contributed by atoms with E-state index in [4.69, 9.17) is 18.9 Å². The summed E-state index contributed by atoms with van der Waals surface area (Å²) in [4.78, 5) is 24.1. The van der Waals surface area contributed by atoms with Crippen molar-refractivity contribution in [3.05, 3.63) is 71.5 Å². The molecule has 2 aromatic rings. The van der Waals surface area contributed by atoms with Crippen molar-refractivity contribution in [1.82, 2.24) is 9.62 Å². The molecule has 0 bridgehead atoms. The highest BCUT2D eigenvalue weighted by Gasteiger charge is 2.30. The van der Waals surface area contributed by atoms with Gasteiger partial charge in [-0.15, -0.1) is 0 Å². The number of hydrogen-bond donors (Lipinski definition) is 2. The maximum atomic E-state index is 13.1. The third-order valence-corrected chi connectivity index (χ3v) is 7.87. The van der Waals surface area contributed by atoms with E-state index in [1.54, 1.807) is 42.5 Å². The molecule has 0 saturated heterocycles. The molecule has 1 aliphatic heterocycles. The first-order valence-corrected chi connectivity index (χ1v) is 13.3. The Morgan fingerprint density at radius 3 is 2.34 bits per heavy atom. The predicted molar refractivity (Wildman–Crippen MR) is 137 cm³/mol. The Balaban J connectivity index is 1.71. The molecule has 11 nitrogen and oxygen atoms in total. The summed E-state index contributed by atoms with van der Waals surface area (Å²) in [6.07, 6.45) is 1.19. The van der Waals surface area contributed by atoms with Crippen molar-refractivity contribution >= 4 is 21.9 Å². The van der Waals surface area contributed by atoms with Gasteiger partial charge in [-0.1, -0.05) is 12.1 Å². The number of nitrogens with zero attached hydrogens (tertiary/aromatic N) is 1. The summed E-state index contributed by atoms with van der Waals surface area (Å²) in [6.45, 7) is -0.592. The lowest BCUT2D eigenvalue weighted by Crippen LogP contribution is -2.38. The van der Waals surface area contributed by atoms with Crippen molar-refractivity contribution in [2.45, 2.75) is 23.5 Å². The van der Waals surface area contributed by atoms with Gasteiger partial charge in [-0.3, -0.25) is 4.79 Å². The zero-order chi connectivity index (χ0) is 27.7. The van der Waals surface area contributed by atoms with E-state index < -0.39 is 28.2 Å². The van der Waals surface area contributed by atoms with E-state index in [-0.39, 0.29) is 42.9 Å². The lowest BCUT2D eigenvalue weighted by molar-refractivity contribution is -0.146. The van der Waals surface area contributed by atoms with Crippen molar-refractivity contribution in [3.8, 4) is 5.75 Å². The van der Waals surface area contributed by atoms with Gasteiger partial charge in [0.2, 0.25) is 16.3 Å². The average molecular weight is 549 g/mol. The Hall–Kier alpha value is -3.45. The molecule has 0 fully saturated rings. The number of sulfonamides is 1. The number of benzene rings is 2.